The molecule has 0 saturated heterocycles. The van der Waals surface area contributed by atoms with Crippen LogP contribution in [0.1, 0.15) is 383 Å². The quantitative estimate of drug-likeness (QED) is 0.0222. The molecule has 95 heavy (non-hydrogen) atoms. The largest absolute Gasteiger partial charge is 0.472 e. The second-order valence-electron chi connectivity index (χ2n) is 29.1. The summed E-state index contributed by atoms with van der Waals surface area (Å²) in [6.45, 7) is 14.1. The second kappa shape index (κ2) is 65.4. The van der Waals surface area contributed by atoms with Crippen molar-refractivity contribution in [2.45, 2.75) is 401 Å². The highest BCUT2D eigenvalue weighted by atomic mass is 31.2. The zero-order valence-electron chi connectivity index (χ0n) is 62.3. The fourth-order valence-corrected chi connectivity index (χ4v) is 13.1. The topological polar surface area (TPSA) is 237 Å². The van der Waals surface area contributed by atoms with Crippen LogP contribution < -0.4 is 0 Å². The Bertz CT molecular complexity index is 1870. The van der Waals surface area contributed by atoms with E-state index < -0.39 is 97.5 Å². The van der Waals surface area contributed by atoms with Gasteiger partial charge in [0.05, 0.1) is 26.4 Å². The van der Waals surface area contributed by atoms with Gasteiger partial charge in [-0.15, -0.1) is 0 Å². The summed E-state index contributed by atoms with van der Waals surface area (Å²) in [5.41, 5.74) is 0. The number of unbranched alkanes of at least 4 members (excludes halogenated alkanes) is 38. The van der Waals surface area contributed by atoms with Crippen molar-refractivity contribution in [3.8, 4) is 0 Å². The molecule has 0 heterocycles. The minimum absolute atomic E-state index is 0.103. The second-order valence-corrected chi connectivity index (χ2v) is 32.0. The molecule has 564 valence electrons. The first kappa shape index (κ1) is 93.1. The number of phosphoric ester groups is 2. The molecular formula is C76H148O17P2. The minimum atomic E-state index is -4.96. The maximum atomic E-state index is 13.1. The third-order valence-corrected chi connectivity index (χ3v) is 19.8. The number of esters is 4. The first-order valence-corrected chi connectivity index (χ1v) is 42.2. The SMILES string of the molecule is CCC(C)CCCCCCCCCCCCCCCCCCCCC(=O)O[C@H](COC(=O)CCCCCCCCCCCC(C)C)COP(=O)(O)OCC(O)COP(=O)(O)OC[C@@H](COC(=O)CCCCCCCCCC(C)C)OC(=O)CCCCCCCCCCC(C)C. The number of hydrogen-bond donors (Lipinski definition) is 3. The van der Waals surface area contributed by atoms with Crippen LogP contribution in [0.5, 0.6) is 0 Å². The smallest absolute Gasteiger partial charge is 0.462 e. The monoisotopic (exact) mass is 1400 g/mol. The summed E-state index contributed by atoms with van der Waals surface area (Å²) in [7, 11) is -9.91. The molecule has 0 aromatic rings. The van der Waals surface area contributed by atoms with Crippen LogP contribution in [0.15, 0.2) is 0 Å². The molecular weight excluding hydrogens is 1250 g/mol. The predicted molar refractivity (Wildman–Crippen MR) is 386 cm³/mol. The Morgan fingerprint density at radius 3 is 0.747 bits per heavy atom. The van der Waals surface area contributed by atoms with Gasteiger partial charge in [-0.3, -0.25) is 37.3 Å². The maximum absolute atomic E-state index is 13.1. The van der Waals surface area contributed by atoms with E-state index in [9.17, 15) is 43.2 Å². The number of carbonyl (C=O) groups excluding carboxylic acids is 4. The number of rotatable bonds is 73. The lowest BCUT2D eigenvalue weighted by Crippen LogP contribution is -2.30. The summed E-state index contributed by atoms with van der Waals surface area (Å²) in [6, 6.07) is 0. The number of phosphoric acid groups is 2. The molecule has 0 aliphatic rings. The molecule has 6 atom stereocenters. The van der Waals surface area contributed by atoms with Crippen molar-refractivity contribution in [1.82, 2.24) is 0 Å². The molecule has 0 bridgehead atoms. The first-order chi connectivity index (χ1) is 45.6. The Hall–Kier alpha value is -1.94. The Kier molecular flexibility index (Phi) is 64.0. The minimum Gasteiger partial charge on any atom is -0.462 e. The zero-order chi connectivity index (χ0) is 70.3. The van der Waals surface area contributed by atoms with Crippen LogP contribution in [-0.4, -0.2) is 96.7 Å². The van der Waals surface area contributed by atoms with Crippen molar-refractivity contribution < 1.29 is 80.2 Å². The molecule has 17 nitrogen and oxygen atoms in total. The molecule has 19 heteroatoms. The lowest BCUT2D eigenvalue weighted by Gasteiger charge is -2.21. The molecule has 0 rings (SSSR count). The standard InChI is InChI=1S/C76H148O17P2/c1-9-69(8)55-47-39-31-22-18-16-14-12-10-11-13-15-17-19-23-33-42-50-58-75(80)92-71(62-86-73(78)56-48-40-32-24-20-21-28-36-44-52-66(2)3)64-90-94(82,83)88-60-70(77)61-89-95(84,85)91-65-72(63-87-74(79)57-49-41-35-27-30-38-46-54-68(6)7)93-76(81)59-51-43-34-26-25-29-37-45-53-67(4)5/h66-72,77H,9-65H2,1-8H3,(H,82,83)(H,84,85)/t69?,70?,71-,72-/m1/s1. The van der Waals surface area contributed by atoms with E-state index in [4.69, 9.17) is 37.0 Å². The van der Waals surface area contributed by atoms with E-state index >= 15 is 0 Å². The van der Waals surface area contributed by atoms with Crippen LogP contribution in [0.2, 0.25) is 0 Å². The van der Waals surface area contributed by atoms with Gasteiger partial charge in [0.15, 0.2) is 12.2 Å². The van der Waals surface area contributed by atoms with Gasteiger partial charge >= 0.3 is 39.5 Å². The number of aliphatic hydroxyl groups excluding tert-OH is 1. The number of ether oxygens (including phenoxy) is 4. The summed E-state index contributed by atoms with van der Waals surface area (Å²) >= 11 is 0. The van der Waals surface area contributed by atoms with Crippen molar-refractivity contribution in [1.29, 1.82) is 0 Å². The third-order valence-electron chi connectivity index (χ3n) is 17.9. The average molecular weight is 1400 g/mol. The van der Waals surface area contributed by atoms with Gasteiger partial charge < -0.3 is 33.8 Å². The molecule has 0 amide bonds. The van der Waals surface area contributed by atoms with Gasteiger partial charge in [0.25, 0.3) is 0 Å². The van der Waals surface area contributed by atoms with Gasteiger partial charge in [0.1, 0.15) is 19.3 Å². The number of hydrogen-bond acceptors (Lipinski definition) is 15. The Morgan fingerprint density at radius 2 is 0.505 bits per heavy atom. The van der Waals surface area contributed by atoms with E-state index in [1.54, 1.807) is 0 Å². The van der Waals surface area contributed by atoms with Crippen LogP contribution >= 0.6 is 15.6 Å². The zero-order valence-corrected chi connectivity index (χ0v) is 64.1. The molecule has 0 aliphatic carbocycles. The van der Waals surface area contributed by atoms with Gasteiger partial charge in [-0.1, -0.05) is 331 Å². The van der Waals surface area contributed by atoms with Crippen molar-refractivity contribution in [2.24, 2.45) is 23.7 Å². The summed E-state index contributed by atoms with van der Waals surface area (Å²) < 4.78 is 68.4. The van der Waals surface area contributed by atoms with Gasteiger partial charge in [0, 0.05) is 25.7 Å². The molecule has 0 spiro atoms. The Balaban J connectivity index is 5.18. The van der Waals surface area contributed by atoms with Crippen LogP contribution in [-0.2, 0) is 65.4 Å². The highest BCUT2D eigenvalue weighted by Crippen LogP contribution is 2.45. The van der Waals surface area contributed by atoms with E-state index in [1.165, 1.54) is 180 Å². The highest BCUT2D eigenvalue weighted by molar-refractivity contribution is 7.47. The predicted octanol–water partition coefficient (Wildman–Crippen LogP) is 22.0. The Morgan fingerprint density at radius 1 is 0.295 bits per heavy atom. The lowest BCUT2D eigenvalue weighted by molar-refractivity contribution is -0.161. The van der Waals surface area contributed by atoms with Crippen molar-refractivity contribution >= 4 is 39.5 Å². The maximum Gasteiger partial charge on any atom is 0.472 e. The molecule has 0 saturated carbocycles. The van der Waals surface area contributed by atoms with E-state index in [0.717, 1.165) is 114 Å². The van der Waals surface area contributed by atoms with E-state index in [2.05, 4.69) is 55.4 Å². The summed E-state index contributed by atoms with van der Waals surface area (Å²) in [5.74, 6) is 0.913. The van der Waals surface area contributed by atoms with Crippen molar-refractivity contribution in [3.05, 3.63) is 0 Å². The molecule has 3 N–H and O–H groups in total. The molecule has 4 unspecified atom stereocenters. The Labute approximate surface area is 581 Å². The average Bonchev–Trinajstić information content (AvgIpc) is 1.53. The van der Waals surface area contributed by atoms with Crippen LogP contribution in [0, 0.1) is 23.7 Å². The first-order valence-electron chi connectivity index (χ1n) is 39.2. The highest BCUT2D eigenvalue weighted by Gasteiger charge is 2.30. The van der Waals surface area contributed by atoms with E-state index in [1.807, 2.05) is 0 Å². The van der Waals surface area contributed by atoms with E-state index in [0.29, 0.717) is 31.6 Å². The summed E-state index contributed by atoms with van der Waals surface area (Å²) in [5, 5.41) is 10.6. The molecule has 0 aromatic carbocycles. The summed E-state index contributed by atoms with van der Waals surface area (Å²) in [6.07, 6.45) is 50.2. The third kappa shape index (κ3) is 69.0. The van der Waals surface area contributed by atoms with Gasteiger partial charge in [-0.25, -0.2) is 9.13 Å². The van der Waals surface area contributed by atoms with Crippen LogP contribution in [0.25, 0.3) is 0 Å². The number of aliphatic hydroxyl groups is 1. The van der Waals surface area contributed by atoms with Crippen molar-refractivity contribution in [2.75, 3.05) is 39.6 Å². The van der Waals surface area contributed by atoms with Gasteiger partial charge in [-0.2, -0.15) is 0 Å². The van der Waals surface area contributed by atoms with Gasteiger partial charge in [-0.05, 0) is 49.4 Å². The van der Waals surface area contributed by atoms with Crippen molar-refractivity contribution in [3.63, 3.8) is 0 Å². The molecule has 0 radical (unpaired) electrons. The lowest BCUT2D eigenvalue weighted by atomic mass is 9.99. The van der Waals surface area contributed by atoms with Crippen LogP contribution in [0.4, 0.5) is 0 Å². The fourth-order valence-electron chi connectivity index (χ4n) is 11.5. The van der Waals surface area contributed by atoms with Gasteiger partial charge in [0.2, 0.25) is 0 Å². The van der Waals surface area contributed by atoms with E-state index in [-0.39, 0.29) is 25.7 Å². The van der Waals surface area contributed by atoms with Crippen LogP contribution in [0.3, 0.4) is 0 Å². The fraction of sp³-hybridized carbons (Fsp3) is 0.947. The summed E-state index contributed by atoms with van der Waals surface area (Å²) in [4.78, 5) is 72.7. The molecule has 0 aliphatic heterocycles. The molecule has 0 fully saturated rings. The normalized spacial score (nSPS) is 14.4. The number of carbonyl (C=O) groups is 4. The molecule has 0 aromatic heterocycles.